The van der Waals surface area contributed by atoms with E-state index in [1.165, 1.54) is 12.1 Å². The van der Waals surface area contributed by atoms with Gasteiger partial charge in [-0.1, -0.05) is 49.7 Å². The summed E-state index contributed by atoms with van der Waals surface area (Å²) in [7, 11) is 0. The summed E-state index contributed by atoms with van der Waals surface area (Å²) in [6, 6.07) is 12.7. The van der Waals surface area contributed by atoms with Crippen LogP contribution < -0.4 is 4.74 Å². The Balaban J connectivity index is 1.46. The molecule has 0 amide bonds. The molecular weight excluding hydrogens is 571 g/mol. The Morgan fingerprint density at radius 1 is 0.595 bits per heavy atom. The first kappa shape index (κ1) is 29.0. The molecule has 0 N–H and O–H groups in total. The van der Waals surface area contributed by atoms with Gasteiger partial charge < -0.3 is 4.74 Å². The second kappa shape index (κ2) is 11.1. The van der Waals surface area contributed by atoms with Crippen molar-refractivity contribution in [2.45, 2.75) is 25.9 Å². The highest BCUT2D eigenvalue weighted by molar-refractivity contribution is 5.88. The summed E-state index contributed by atoms with van der Waals surface area (Å²) in [5, 5.41) is -0.888. The van der Waals surface area contributed by atoms with E-state index < -0.39 is 69.1 Å². The molecule has 0 saturated carbocycles. The Bertz CT molecular complexity index is 1810. The Kier molecular flexibility index (Phi) is 7.66. The van der Waals surface area contributed by atoms with Crippen molar-refractivity contribution in [3.05, 3.63) is 125 Å². The predicted molar refractivity (Wildman–Crippen MR) is 139 cm³/mol. The van der Waals surface area contributed by atoms with Crippen LogP contribution in [-0.2, 0) is 12.5 Å². The standard InChI is InChI=1S/C32H19F9O/c1-2-3-16-4-6-17(7-5-16)20-9-11-22(29(37)27(20)35)32(40,41)42-25-13-10-21(28(36)31(25)39)19-14-18-8-12-23(33)30(38)26(18)24(34)15-19/h4-15H,2-3H2,1H3. The summed E-state index contributed by atoms with van der Waals surface area (Å²) in [6.45, 7) is 1.97. The molecule has 0 heterocycles. The number of fused-ring (bicyclic) bond motifs is 1. The van der Waals surface area contributed by atoms with Crippen molar-refractivity contribution < 1.29 is 44.3 Å². The van der Waals surface area contributed by atoms with Crippen LogP contribution in [0.4, 0.5) is 39.5 Å². The van der Waals surface area contributed by atoms with Crippen LogP contribution in [0.5, 0.6) is 5.75 Å². The van der Waals surface area contributed by atoms with E-state index in [9.17, 15) is 39.5 Å². The van der Waals surface area contributed by atoms with Crippen LogP contribution in [-0.4, -0.2) is 0 Å². The second-order valence-electron chi connectivity index (χ2n) is 9.51. The zero-order valence-electron chi connectivity index (χ0n) is 21.7. The zero-order chi connectivity index (χ0) is 30.3. The normalized spacial score (nSPS) is 11.8. The third kappa shape index (κ3) is 5.17. The molecule has 0 atom stereocenters. The van der Waals surface area contributed by atoms with Gasteiger partial charge in [0.05, 0.1) is 5.39 Å². The molecule has 0 radical (unpaired) electrons. The Morgan fingerprint density at radius 3 is 1.93 bits per heavy atom. The minimum absolute atomic E-state index is 0.173. The van der Waals surface area contributed by atoms with Crippen LogP contribution >= 0.6 is 0 Å². The molecule has 10 heteroatoms. The van der Waals surface area contributed by atoms with Crippen molar-refractivity contribution in [3.63, 3.8) is 0 Å². The number of ether oxygens (including phenoxy) is 1. The van der Waals surface area contributed by atoms with Gasteiger partial charge in [-0.2, -0.15) is 13.2 Å². The van der Waals surface area contributed by atoms with Crippen molar-refractivity contribution in [1.29, 1.82) is 0 Å². The number of benzene rings is 5. The average Bonchev–Trinajstić information content (AvgIpc) is 2.95. The molecule has 5 rings (SSSR count). The van der Waals surface area contributed by atoms with Gasteiger partial charge in [-0.15, -0.1) is 0 Å². The lowest BCUT2D eigenvalue weighted by Crippen LogP contribution is -2.25. The van der Waals surface area contributed by atoms with Crippen molar-refractivity contribution in [2.75, 3.05) is 0 Å². The lowest BCUT2D eigenvalue weighted by atomic mass is 9.99. The molecule has 1 nitrogen and oxygen atoms in total. The second-order valence-corrected chi connectivity index (χ2v) is 9.51. The summed E-state index contributed by atoms with van der Waals surface area (Å²) < 4.78 is 136. The molecule has 42 heavy (non-hydrogen) atoms. The van der Waals surface area contributed by atoms with Crippen LogP contribution in [0.3, 0.4) is 0 Å². The van der Waals surface area contributed by atoms with E-state index >= 15 is 0 Å². The van der Waals surface area contributed by atoms with E-state index in [0.29, 0.717) is 24.3 Å². The molecule has 0 fully saturated rings. The molecule has 0 bridgehead atoms. The number of hydrogen-bond donors (Lipinski definition) is 0. The van der Waals surface area contributed by atoms with E-state index in [-0.39, 0.29) is 22.1 Å². The summed E-state index contributed by atoms with van der Waals surface area (Å²) in [4.78, 5) is 0. The number of aryl methyl sites for hydroxylation is 1. The van der Waals surface area contributed by atoms with Crippen molar-refractivity contribution >= 4 is 10.8 Å². The van der Waals surface area contributed by atoms with Gasteiger partial charge in [-0.05, 0) is 64.9 Å². The van der Waals surface area contributed by atoms with Crippen LogP contribution in [0.25, 0.3) is 33.0 Å². The number of alkyl halides is 2. The molecule has 5 aromatic carbocycles. The third-order valence-electron chi connectivity index (χ3n) is 6.75. The lowest BCUT2D eigenvalue weighted by molar-refractivity contribution is -0.189. The van der Waals surface area contributed by atoms with Crippen LogP contribution in [0, 0.1) is 40.7 Å². The average molecular weight is 590 g/mol. The first-order chi connectivity index (χ1) is 19.9. The molecule has 0 aliphatic heterocycles. The van der Waals surface area contributed by atoms with Gasteiger partial charge >= 0.3 is 6.11 Å². The van der Waals surface area contributed by atoms with E-state index in [0.717, 1.165) is 42.7 Å². The zero-order valence-corrected chi connectivity index (χ0v) is 21.7. The Labute approximate surface area is 233 Å². The molecule has 216 valence electrons. The SMILES string of the molecule is CCCc1ccc(-c2ccc(C(F)(F)Oc3ccc(-c4cc(F)c5c(F)c(F)ccc5c4)c(F)c3F)c(F)c2F)cc1. The molecule has 0 aromatic heterocycles. The fraction of sp³-hybridized carbons (Fsp3) is 0.125. The van der Waals surface area contributed by atoms with Gasteiger partial charge in [0.25, 0.3) is 0 Å². The highest BCUT2D eigenvalue weighted by Crippen LogP contribution is 2.40. The molecule has 0 unspecified atom stereocenters. The molecule has 5 aromatic rings. The van der Waals surface area contributed by atoms with Crippen molar-refractivity contribution in [1.82, 2.24) is 0 Å². The van der Waals surface area contributed by atoms with Crippen molar-refractivity contribution in [2.24, 2.45) is 0 Å². The van der Waals surface area contributed by atoms with E-state index in [2.05, 4.69) is 4.74 Å². The number of hydrogen-bond acceptors (Lipinski definition) is 1. The topological polar surface area (TPSA) is 9.23 Å². The van der Waals surface area contributed by atoms with Crippen LogP contribution in [0.2, 0.25) is 0 Å². The quantitative estimate of drug-likeness (QED) is 0.172. The summed E-state index contributed by atoms with van der Waals surface area (Å²) >= 11 is 0. The minimum Gasteiger partial charge on any atom is -0.426 e. The number of rotatable bonds is 7. The van der Waals surface area contributed by atoms with E-state index in [1.54, 1.807) is 12.1 Å². The highest BCUT2D eigenvalue weighted by Gasteiger charge is 2.40. The fourth-order valence-electron chi connectivity index (χ4n) is 4.67. The third-order valence-corrected chi connectivity index (χ3v) is 6.75. The lowest BCUT2D eigenvalue weighted by Gasteiger charge is -2.20. The maximum atomic E-state index is 15.0. The van der Waals surface area contributed by atoms with Gasteiger partial charge in [-0.25, -0.2) is 26.3 Å². The first-order valence-electron chi connectivity index (χ1n) is 12.6. The van der Waals surface area contributed by atoms with Gasteiger partial charge in [0.1, 0.15) is 11.4 Å². The first-order valence-corrected chi connectivity index (χ1v) is 12.6. The smallest absolute Gasteiger partial charge is 0.426 e. The fourth-order valence-corrected chi connectivity index (χ4v) is 4.67. The molecule has 0 aliphatic rings. The number of halogens is 9. The van der Waals surface area contributed by atoms with Crippen LogP contribution in [0.1, 0.15) is 24.5 Å². The highest BCUT2D eigenvalue weighted by atomic mass is 19.3. The predicted octanol–water partition coefficient (Wildman–Crippen LogP) is 10.2. The summed E-state index contributed by atoms with van der Waals surface area (Å²) in [6.07, 6.45) is -3.01. The largest absolute Gasteiger partial charge is 0.429 e. The molecular formula is C32H19F9O. The van der Waals surface area contributed by atoms with Gasteiger partial charge in [0.15, 0.2) is 34.8 Å². The molecule has 0 saturated heterocycles. The summed E-state index contributed by atoms with van der Waals surface area (Å²) in [5.41, 5.74) is -1.58. The van der Waals surface area contributed by atoms with E-state index in [1.807, 2.05) is 6.92 Å². The maximum absolute atomic E-state index is 15.0. The van der Waals surface area contributed by atoms with Gasteiger partial charge in [-0.3, -0.25) is 0 Å². The van der Waals surface area contributed by atoms with E-state index in [4.69, 9.17) is 0 Å². The van der Waals surface area contributed by atoms with Gasteiger partial charge in [0, 0.05) is 11.1 Å². The van der Waals surface area contributed by atoms with Crippen molar-refractivity contribution in [3.8, 4) is 28.0 Å². The van der Waals surface area contributed by atoms with Gasteiger partial charge in [0.2, 0.25) is 5.82 Å². The summed E-state index contributed by atoms with van der Waals surface area (Å²) in [5.74, 6) is -12.6. The maximum Gasteiger partial charge on any atom is 0.429 e. The Hall–Kier alpha value is -4.47. The van der Waals surface area contributed by atoms with Crippen LogP contribution in [0.15, 0.2) is 72.8 Å². The molecule has 0 spiro atoms. The minimum atomic E-state index is -4.64. The Morgan fingerprint density at radius 2 is 1.24 bits per heavy atom. The monoisotopic (exact) mass is 590 g/mol. The molecule has 0 aliphatic carbocycles.